The molecule has 2 atom stereocenters. The molecule has 2 aromatic rings. The van der Waals surface area contributed by atoms with Crippen molar-refractivity contribution in [2.75, 3.05) is 46.0 Å². The summed E-state index contributed by atoms with van der Waals surface area (Å²) in [6, 6.07) is 13.1. The predicted molar refractivity (Wildman–Crippen MR) is 162 cm³/mol. The number of rotatable bonds is 11. The third kappa shape index (κ3) is 6.95. The first-order chi connectivity index (χ1) is 21.5. The van der Waals surface area contributed by atoms with E-state index in [-0.39, 0.29) is 36.7 Å². The Hall–Kier alpha value is -3.80. The van der Waals surface area contributed by atoms with Crippen LogP contribution in [0, 0.1) is 0 Å². The highest BCUT2D eigenvalue weighted by molar-refractivity contribution is 6.05. The third-order valence-corrected chi connectivity index (χ3v) is 9.05. The molecule has 1 unspecified atom stereocenters. The Kier molecular flexibility index (Phi) is 9.54. The van der Waals surface area contributed by atoms with Crippen LogP contribution in [0.1, 0.15) is 59.2 Å². The number of hydrogen-bond acceptors (Lipinski definition) is 8. The van der Waals surface area contributed by atoms with Crippen LogP contribution in [0.2, 0.25) is 0 Å². The van der Waals surface area contributed by atoms with Crippen molar-refractivity contribution in [3.8, 4) is 5.75 Å². The van der Waals surface area contributed by atoms with Crippen molar-refractivity contribution < 1.29 is 28.7 Å². The number of benzene rings is 2. The lowest BCUT2D eigenvalue weighted by molar-refractivity contribution is -0.137. The van der Waals surface area contributed by atoms with Gasteiger partial charge in [0.05, 0.1) is 32.4 Å². The van der Waals surface area contributed by atoms with Crippen LogP contribution in [0.25, 0.3) is 0 Å². The van der Waals surface area contributed by atoms with Crippen LogP contribution in [0.5, 0.6) is 5.75 Å². The van der Waals surface area contributed by atoms with E-state index in [1.807, 2.05) is 6.07 Å². The van der Waals surface area contributed by atoms with E-state index >= 15 is 0 Å². The monoisotopic (exact) mass is 603 g/mol. The molecule has 11 heteroatoms. The van der Waals surface area contributed by atoms with Crippen molar-refractivity contribution in [3.05, 3.63) is 64.7 Å². The molecule has 44 heavy (non-hydrogen) atoms. The van der Waals surface area contributed by atoms with Crippen LogP contribution in [-0.4, -0.2) is 96.4 Å². The molecule has 4 heterocycles. The molecular weight excluding hydrogens is 562 g/mol. The van der Waals surface area contributed by atoms with Crippen LogP contribution >= 0.6 is 0 Å². The van der Waals surface area contributed by atoms with Gasteiger partial charge in [-0.1, -0.05) is 30.3 Å². The Labute approximate surface area is 257 Å². The van der Waals surface area contributed by atoms with Gasteiger partial charge >= 0.3 is 0 Å². The number of carbonyl (C=O) groups excluding carboxylic acids is 4. The number of amides is 4. The number of nitrogens with one attached hydrogen (secondary N) is 2. The van der Waals surface area contributed by atoms with Crippen LogP contribution in [0.15, 0.2) is 42.5 Å². The first kappa shape index (κ1) is 30.2. The molecule has 6 rings (SSSR count). The average Bonchev–Trinajstić information content (AvgIpc) is 3.64. The Balaban J connectivity index is 0.950. The number of piperidine rings is 1. The summed E-state index contributed by atoms with van der Waals surface area (Å²) in [6.45, 7) is 7.28. The van der Waals surface area contributed by atoms with Crippen LogP contribution in [-0.2, 0) is 38.8 Å². The number of carbonyl (C=O) groups is 4. The van der Waals surface area contributed by atoms with Gasteiger partial charge in [-0.15, -0.1) is 0 Å². The van der Waals surface area contributed by atoms with Crippen molar-refractivity contribution in [1.82, 2.24) is 25.3 Å². The summed E-state index contributed by atoms with van der Waals surface area (Å²) in [5.74, 6) is -0.241. The molecule has 4 aliphatic rings. The van der Waals surface area contributed by atoms with E-state index in [0.717, 1.165) is 76.3 Å². The van der Waals surface area contributed by atoms with E-state index < -0.39 is 11.9 Å². The normalized spacial score (nSPS) is 22.6. The van der Waals surface area contributed by atoms with Gasteiger partial charge < -0.3 is 19.7 Å². The van der Waals surface area contributed by atoms with E-state index in [1.165, 1.54) is 10.5 Å². The van der Waals surface area contributed by atoms with Gasteiger partial charge in [-0.2, -0.15) is 0 Å². The van der Waals surface area contributed by atoms with Crippen molar-refractivity contribution >= 4 is 23.6 Å². The predicted octanol–water partition coefficient (Wildman–Crippen LogP) is 1.83. The highest BCUT2D eigenvalue weighted by Gasteiger charge is 2.40. The highest BCUT2D eigenvalue weighted by Crippen LogP contribution is 2.33. The molecule has 11 nitrogen and oxygen atoms in total. The maximum absolute atomic E-state index is 13.1. The molecule has 0 spiro atoms. The number of ether oxygens (including phenoxy) is 2. The Morgan fingerprint density at radius 3 is 2.59 bits per heavy atom. The summed E-state index contributed by atoms with van der Waals surface area (Å²) in [5, 5.41) is 5.47. The SMILES string of the molecule is O=C1CCC(N2Cc3c(OCCCN4CCC[C@H]4C(=O)NCc4ccc(CN5CCOCC5)cc4)cccc3C2=O)C(=O)N1. The summed E-state index contributed by atoms with van der Waals surface area (Å²) in [5.41, 5.74) is 3.67. The summed E-state index contributed by atoms with van der Waals surface area (Å²) in [7, 11) is 0. The molecule has 0 aromatic heterocycles. The third-order valence-electron chi connectivity index (χ3n) is 9.05. The van der Waals surface area contributed by atoms with E-state index in [1.54, 1.807) is 12.1 Å². The second kappa shape index (κ2) is 13.9. The van der Waals surface area contributed by atoms with Crippen LogP contribution in [0.3, 0.4) is 0 Å². The zero-order valence-electron chi connectivity index (χ0n) is 25.1. The van der Waals surface area contributed by atoms with Crippen molar-refractivity contribution in [3.63, 3.8) is 0 Å². The number of likely N-dealkylation sites (tertiary alicyclic amines) is 1. The Bertz CT molecular complexity index is 1380. The quantitative estimate of drug-likeness (QED) is 0.295. The van der Waals surface area contributed by atoms with Crippen molar-refractivity contribution in [2.45, 2.75) is 63.8 Å². The van der Waals surface area contributed by atoms with Gasteiger partial charge in [0.1, 0.15) is 11.8 Å². The fraction of sp³-hybridized carbons (Fsp3) is 0.515. The molecule has 2 N–H and O–H groups in total. The minimum Gasteiger partial charge on any atom is -0.493 e. The minimum absolute atomic E-state index is 0.0637. The largest absolute Gasteiger partial charge is 0.493 e. The van der Waals surface area contributed by atoms with Crippen molar-refractivity contribution in [1.29, 1.82) is 0 Å². The molecule has 2 aromatic carbocycles. The number of morpholine rings is 1. The van der Waals surface area contributed by atoms with Gasteiger partial charge in [0, 0.05) is 50.3 Å². The standard InChI is InChI=1S/C33H41N5O6/c39-30-12-11-28(32(41)35-30)38-22-26-25(33(38)42)4-1-6-29(26)44-17-3-14-37-13-2-5-27(37)31(40)34-20-23-7-9-24(10-8-23)21-36-15-18-43-19-16-36/h1,4,6-10,27-28H,2-3,5,11-22H2,(H,34,40)(H,35,39,41)/t27-,28?/m0/s1. The number of fused-ring (bicyclic) bond motifs is 1. The first-order valence-electron chi connectivity index (χ1n) is 15.8. The Morgan fingerprint density at radius 1 is 1.00 bits per heavy atom. The molecule has 4 amide bonds. The molecule has 0 bridgehead atoms. The van der Waals surface area contributed by atoms with Gasteiger partial charge in [-0.05, 0) is 55.5 Å². The van der Waals surface area contributed by atoms with Gasteiger partial charge in [-0.25, -0.2) is 0 Å². The van der Waals surface area contributed by atoms with Gasteiger partial charge in [-0.3, -0.25) is 34.3 Å². The number of nitrogens with zero attached hydrogens (tertiary/aromatic N) is 3. The second-order valence-corrected chi connectivity index (χ2v) is 12.0. The molecule has 0 saturated carbocycles. The van der Waals surface area contributed by atoms with Crippen LogP contribution < -0.4 is 15.4 Å². The zero-order chi connectivity index (χ0) is 30.5. The fourth-order valence-corrected chi connectivity index (χ4v) is 6.62. The summed E-state index contributed by atoms with van der Waals surface area (Å²) < 4.78 is 11.6. The summed E-state index contributed by atoms with van der Waals surface area (Å²) in [4.78, 5) is 56.2. The molecule has 0 aliphatic carbocycles. The van der Waals surface area contributed by atoms with Gasteiger partial charge in [0.25, 0.3) is 5.91 Å². The molecule has 4 aliphatic heterocycles. The Morgan fingerprint density at radius 2 is 1.80 bits per heavy atom. The topological polar surface area (TPSA) is 121 Å². The van der Waals surface area contributed by atoms with Gasteiger partial charge in [0.2, 0.25) is 17.7 Å². The van der Waals surface area contributed by atoms with E-state index in [4.69, 9.17) is 9.47 Å². The lowest BCUT2D eigenvalue weighted by atomic mass is 10.0. The average molecular weight is 604 g/mol. The molecular formula is C33H41N5O6. The van der Waals surface area contributed by atoms with E-state index in [0.29, 0.717) is 30.9 Å². The lowest BCUT2D eigenvalue weighted by Crippen LogP contribution is -2.52. The summed E-state index contributed by atoms with van der Waals surface area (Å²) in [6.07, 6.45) is 3.11. The maximum atomic E-state index is 13.1. The minimum atomic E-state index is -0.654. The molecule has 3 saturated heterocycles. The number of hydrogen-bond donors (Lipinski definition) is 2. The van der Waals surface area contributed by atoms with E-state index in [2.05, 4.69) is 44.7 Å². The number of imide groups is 1. The smallest absolute Gasteiger partial charge is 0.255 e. The second-order valence-electron chi connectivity index (χ2n) is 12.0. The van der Waals surface area contributed by atoms with Gasteiger partial charge in [0.15, 0.2) is 0 Å². The molecule has 234 valence electrons. The fourth-order valence-electron chi connectivity index (χ4n) is 6.62. The maximum Gasteiger partial charge on any atom is 0.255 e. The summed E-state index contributed by atoms with van der Waals surface area (Å²) >= 11 is 0. The first-order valence-corrected chi connectivity index (χ1v) is 15.8. The lowest BCUT2D eigenvalue weighted by Gasteiger charge is -2.29. The van der Waals surface area contributed by atoms with Crippen LogP contribution in [0.4, 0.5) is 0 Å². The van der Waals surface area contributed by atoms with E-state index in [9.17, 15) is 19.2 Å². The van der Waals surface area contributed by atoms with Crippen molar-refractivity contribution in [2.24, 2.45) is 0 Å². The molecule has 3 fully saturated rings. The molecule has 0 radical (unpaired) electrons. The highest BCUT2D eigenvalue weighted by atomic mass is 16.5. The zero-order valence-corrected chi connectivity index (χ0v) is 25.1.